The summed E-state index contributed by atoms with van der Waals surface area (Å²) in [7, 11) is 0. The van der Waals surface area contributed by atoms with Crippen LogP contribution in [-0.2, 0) is 0 Å². The third-order valence-corrected chi connectivity index (χ3v) is 5.54. The van der Waals surface area contributed by atoms with E-state index < -0.39 is 5.82 Å². The number of hydrogen-bond donors (Lipinski definition) is 3. The first-order valence-electron chi connectivity index (χ1n) is 8.34. The monoisotopic (exact) mass is 316 g/mol. The van der Waals surface area contributed by atoms with Gasteiger partial charge in [-0.05, 0) is 50.0 Å². The maximum atomic E-state index is 13.3. The van der Waals surface area contributed by atoms with Gasteiger partial charge in [-0.25, -0.2) is 14.2 Å². The highest BCUT2D eigenvalue weighted by molar-refractivity contribution is 5.99. The number of hydrogen-bond acceptors (Lipinski definition) is 2. The second-order valence-electron chi connectivity index (χ2n) is 6.98. The Balaban J connectivity index is 1.37. The Morgan fingerprint density at radius 1 is 1.30 bits per heavy atom. The van der Waals surface area contributed by atoms with Crippen LogP contribution < -0.4 is 10.6 Å². The molecule has 2 aliphatic rings. The molecule has 2 aromatic rings. The molecule has 0 saturated heterocycles. The lowest BCUT2D eigenvalue weighted by Crippen LogP contribution is -2.44. The van der Waals surface area contributed by atoms with E-state index >= 15 is 0 Å². The van der Waals surface area contributed by atoms with E-state index in [-0.39, 0.29) is 12.1 Å². The molecule has 0 bridgehead atoms. The summed E-state index contributed by atoms with van der Waals surface area (Å²) in [5.41, 5.74) is 1.70. The molecule has 2 heterocycles. The molecule has 23 heavy (non-hydrogen) atoms. The van der Waals surface area contributed by atoms with Gasteiger partial charge in [0.2, 0.25) is 0 Å². The Labute approximate surface area is 134 Å². The zero-order chi connectivity index (χ0) is 15.9. The Hall–Kier alpha value is -2.11. The van der Waals surface area contributed by atoms with Crippen molar-refractivity contribution in [3.05, 3.63) is 24.3 Å². The van der Waals surface area contributed by atoms with Gasteiger partial charge in [0, 0.05) is 17.6 Å². The number of fused-ring (bicyclic) bond motifs is 1. The summed E-state index contributed by atoms with van der Waals surface area (Å²) in [6, 6.07) is 1.38. The first kappa shape index (κ1) is 14.5. The fourth-order valence-electron chi connectivity index (χ4n) is 3.98. The molecule has 3 N–H and O–H groups in total. The Bertz CT molecular complexity index is 727. The number of aromatic nitrogens is 2. The minimum absolute atomic E-state index is 0.232. The summed E-state index contributed by atoms with van der Waals surface area (Å²) < 4.78 is 13.3. The van der Waals surface area contributed by atoms with Crippen LogP contribution in [0.5, 0.6) is 0 Å². The minimum Gasteiger partial charge on any atom is -0.344 e. The Kier molecular flexibility index (Phi) is 3.47. The van der Waals surface area contributed by atoms with Crippen molar-refractivity contribution in [2.75, 3.05) is 5.32 Å². The van der Waals surface area contributed by atoms with Crippen LogP contribution in [0.3, 0.4) is 0 Å². The van der Waals surface area contributed by atoms with Crippen molar-refractivity contribution >= 4 is 22.8 Å². The normalized spacial score (nSPS) is 20.4. The summed E-state index contributed by atoms with van der Waals surface area (Å²) in [6.45, 7) is 0. The van der Waals surface area contributed by atoms with Crippen molar-refractivity contribution in [2.24, 2.45) is 5.41 Å². The van der Waals surface area contributed by atoms with Gasteiger partial charge >= 0.3 is 6.03 Å². The number of anilines is 1. The topological polar surface area (TPSA) is 69.8 Å². The van der Waals surface area contributed by atoms with Crippen LogP contribution in [-0.4, -0.2) is 22.0 Å². The highest BCUT2D eigenvalue weighted by Gasteiger charge is 2.40. The lowest BCUT2D eigenvalue weighted by atomic mass is 9.60. The van der Waals surface area contributed by atoms with Gasteiger partial charge in [-0.3, -0.25) is 0 Å². The molecule has 0 radical (unpaired) electrons. The van der Waals surface area contributed by atoms with E-state index in [2.05, 4.69) is 20.6 Å². The molecule has 5 nitrogen and oxygen atoms in total. The van der Waals surface area contributed by atoms with Gasteiger partial charge in [0.05, 0.1) is 11.9 Å². The number of carbonyl (C=O) groups excluding carboxylic acids is 1. The number of aromatic amines is 1. The molecule has 2 amide bonds. The smallest absolute Gasteiger partial charge is 0.319 e. The van der Waals surface area contributed by atoms with Gasteiger partial charge in [0.15, 0.2) is 0 Å². The average Bonchev–Trinajstić information content (AvgIpc) is 2.89. The molecule has 6 heteroatoms. The van der Waals surface area contributed by atoms with Crippen LogP contribution in [0.25, 0.3) is 11.0 Å². The maximum Gasteiger partial charge on any atom is 0.319 e. The summed E-state index contributed by atoms with van der Waals surface area (Å²) in [6.07, 6.45) is 11.4. The van der Waals surface area contributed by atoms with Crippen molar-refractivity contribution in [1.82, 2.24) is 15.3 Å². The predicted molar refractivity (Wildman–Crippen MR) is 86.7 cm³/mol. The number of rotatable bonds is 2. The first-order chi connectivity index (χ1) is 11.1. The fraction of sp³-hybridized carbons (Fsp3) is 0.529. The summed E-state index contributed by atoms with van der Waals surface area (Å²) in [5.74, 6) is -0.418. The molecule has 0 atom stereocenters. The number of halogens is 1. The van der Waals surface area contributed by atoms with E-state index in [1.165, 1.54) is 38.2 Å². The number of urea groups is 1. The molecule has 0 aromatic carbocycles. The van der Waals surface area contributed by atoms with Crippen LogP contribution in [0.4, 0.5) is 14.9 Å². The van der Waals surface area contributed by atoms with Crippen molar-refractivity contribution in [3.63, 3.8) is 0 Å². The van der Waals surface area contributed by atoms with Crippen LogP contribution >= 0.6 is 0 Å². The summed E-state index contributed by atoms with van der Waals surface area (Å²) >= 11 is 0. The molecular formula is C17H21FN4O. The van der Waals surface area contributed by atoms with Gasteiger partial charge in [-0.15, -0.1) is 0 Å². The zero-order valence-corrected chi connectivity index (χ0v) is 13.0. The van der Waals surface area contributed by atoms with Crippen molar-refractivity contribution in [3.8, 4) is 0 Å². The average molecular weight is 316 g/mol. The van der Waals surface area contributed by atoms with E-state index in [1.54, 1.807) is 6.20 Å². The lowest BCUT2D eigenvalue weighted by Gasteiger charge is -2.47. The highest BCUT2D eigenvalue weighted by atomic mass is 19.1. The second kappa shape index (κ2) is 5.51. The first-order valence-corrected chi connectivity index (χ1v) is 8.34. The van der Waals surface area contributed by atoms with Gasteiger partial charge in [0.1, 0.15) is 11.5 Å². The molecule has 1 spiro atoms. The van der Waals surface area contributed by atoms with Crippen LogP contribution in [0.2, 0.25) is 0 Å². The predicted octanol–water partition coefficient (Wildman–Crippen LogP) is 3.94. The van der Waals surface area contributed by atoms with Crippen LogP contribution in [0.15, 0.2) is 18.5 Å². The third-order valence-electron chi connectivity index (χ3n) is 5.54. The SMILES string of the molecule is O=C(Nc1c[nH]c2ncc(F)cc12)NC1CCC2(CCC2)CC1. The maximum absolute atomic E-state index is 13.3. The molecular weight excluding hydrogens is 295 g/mol. The van der Waals surface area contributed by atoms with E-state index in [0.717, 1.165) is 19.0 Å². The molecule has 0 aliphatic heterocycles. The summed E-state index contributed by atoms with van der Waals surface area (Å²) in [4.78, 5) is 19.1. The molecule has 0 unspecified atom stereocenters. The summed E-state index contributed by atoms with van der Waals surface area (Å²) in [5, 5.41) is 6.43. The number of carbonyl (C=O) groups is 1. The molecule has 2 aromatic heterocycles. The third kappa shape index (κ3) is 2.78. The number of nitrogens with zero attached hydrogens (tertiary/aromatic N) is 1. The Morgan fingerprint density at radius 2 is 2.09 bits per heavy atom. The largest absolute Gasteiger partial charge is 0.344 e. The van der Waals surface area contributed by atoms with Gasteiger partial charge in [-0.2, -0.15) is 0 Å². The zero-order valence-electron chi connectivity index (χ0n) is 13.0. The van der Waals surface area contributed by atoms with Crippen molar-refractivity contribution in [1.29, 1.82) is 0 Å². The van der Waals surface area contributed by atoms with E-state index in [0.29, 0.717) is 22.1 Å². The van der Waals surface area contributed by atoms with Gasteiger partial charge in [-0.1, -0.05) is 6.42 Å². The second-order valence-corrected chi connectivity index (χ2v) is 6.98. The van der Waals surface area contributed by atoms with Gasteiger partial charge < -0.3 is 15.6 Å². The minimum atomic E-state index is -0.418. The van der Waals surface area contributed by atoms with Gasteiger partial charge in [0.25, 0.3) is 0 Å². The highest BCUT2D eigenvalue weighted by Crippen LogP contribution is 2.51. The number of H-pyrrole nitrogens is 1. The quantitative estimate of drug-likeness (QED) is 0.785. The number of amides is 2. The number of nitrogens with one attached hydrogen (secondary N) is 3. The van der Waals surface area contributed by atoms with E-state index in [4.69, 9.17) is 0 Å². The molecule has 2 fully saturated rings. The number of pyridine rings is 1. The van der Waals surface area contributed by atoms with Crippen LogP contribution in [0.1, 0.15) is 44.9 Å². The molecule has 122 valence electrons. The Morgan fingerprint density at radius 3 is 2.78 bits per heavy atom. The fourth-order valence-corrected chi connectivity index (χ4v) is 3.98. The van der Waals surface area contributed by atoms with E-state index in [9.17, 15) is 9.18 Å². The van der Waals surface area contributed by atoms with Crippen molar-refractivity contribution < 1.29 is 9.18 Å². The lowest BCUT2D eigenvalue weighted by molar-refractivity contribution is 0.0661. The molecule has 4 rings (SSSR count). The van der Waals surface area contributed by atoms with Crippen LogP contribution in [0, 0.1) is 11.2 Å². The standard InChI is InChI=1S/C17H21FN4O/c18-11-8-13-14(10-20-15(13)19-9-11)22-16(23)21-12-2-6-17(7-3-12)4-1-5-17/h8-10,12H,1-7H2,(H,19,20)(H2,21,22,23). The van der Waals surface area contributed by atoms with Crippen molar-refractivity contribution in [2.45, 2.75) is 51.0 Å². The molecule has 2 aliphatic carbocycles. The molecule has 2 saturated carbocycles. The van der Waals surface area contributed by atoms with E-state index in [1.807, 2.05) is 0 Å².